The Labute approximate surface area is 170 Å². The van der Waals surface area contributed by atoms with E-state index in [1.807, 2.05) is 29.9 Å². The maximum absolute atomic E-state index is 11.6. The number of aliphatic hydroxyl groups is 1. The average Bonchev–Trinajstić information content (AvgIpc) is 3.28. The summed E-state index contributed by atoms with van der Waals surface area (Å²) in [6.07, 6.45) is 5.36. The maximum atomic E-state index is 11.6. The molecule has 0 radical (unpaired) electrons. The average molecular weight is 403 g/mol. The largest absolute Gasteiger partial charge is 0.396 e. The van der Waals surface area contributed by atoms with Gasteiger partial charge in [0, 0.05) is 81.6 Å². The third-order valence-electron chi connectivity index (χ3n) is 6.37. The molecule has 0 bridgehead atoms. The molecular formula is C21H27ClN4O2. The van der Waals surface area contributed by atoms with Gasteiger partial charge >= 0.3 is 0 Å². The number of fused-ring (bicyclic) bond motifs is 1. The summed E-state index contributed by atoms with van der Waals surface area (Å²) in [4.78, 5) is 20.5. The molecule has 0 aliphatic carbocycles. The van der Waals surface area contributed by atoms with E-state index in [1.165, 1.54) is 0 Å². The van der Waals surface area contributed by atoms with Crippen molar-refractivity contribution in [3.05, 3.63) is 52.6 Å². The molecule has 0 amide bonds. The van der Waals surface area contributed by atoms with Gasteiger partial charge in [-0.25, -0.2) is 0 Å². The molecule has 7 heteroatoms. The predicted octanol–water partition coefficient (Wildman–Crippen LogP) is 2.20. The number of ketones is 1. The first-order valence-electron chi connectivity index (χ1n) is 9.70. The van der Waals surface area contributed by atoms with Gasteiger partial charge in [-0.2, -0.15) is 0 Å². The normalized spacial score (nSPS) is 25.4. The summed E-state index contributed by atoms with van der Waals surface area (Å²) >= 11 is 6.27. The number of aromatic nitrogens is 2. The second kappa shape index (κ2) is 7.59. The number of hydrogen-bond donors (Lipinski definition) is 1. The summed E-state index contributed by atoms with van der Waals surface area (Å²) < 4.78 is 2.04. The number of aliphatic hydroxyl groups excluding tert-OH is 1. The van der Waals surface area contributed by atoms with Crippen LogP contribution in [0.5, 0.6) is 0 Å². The molecule has 2 aliphatic heterocycles. The van der Waals surface area contributed by atoms with Crippen LogP contribution in [0.3, 0.4) is 0 Å². The second-order valence-electron chi connectivity index (χ2n) is 8.41. The Hall–Kier alpha value is -1.73. The van der Waals surface area contributed by atoms with E-state index < -0.39 is 0 Å². The number of likely N-dealkylation sites (tertiary alicyclic amines) is 2. The monoisotopic (exact) mass is 402 g/mol. The smallest absolute Gasteiger partial charge is 0.161 e. The van der Waals surface area contributed by atoms with E-state index in [0.717, 1.165) is 56.1 Å². The van der Waals surface area contributed by atoms with Gasteiger partial charge in [-0.15, -0.1) is 0 Å². The Bertz CT molecular complexity index is 883. The van der Waals surface area contributed by atoms with Gasteiger partial charge in [-0.1, -0.05) is 11.6 Å². The molecule has 2 aliphatic rings. The first kappa shape index (κ1) is 19.6. The zero-order valence-electron chi connectivity index (χ0n) is 16.4. The van der Waals surface area contributed by atoms with Crippen LogP contribution in [-0.4, -0.2) is 63.0 Å². The topological polar surface area (TPSA) is 61.6 Å². The number of carbonyl (C=O) groups excluding carboxylic acids is 1. The zero-order chi connectivity index (χ0) is 19.9. The van der Waals surface area contributed by atoms with Crippen molar-refractivity contribution >= 4 is 17.4 Å². The molecule has 150 valence electrons. The molecule has 2 aromatic rings. The van der Waals surface area contributed by atoms with Crippen molar-refractivity contribution in [1.29, 1.82) is 0 Å². The van der Waals surface area contributed by atoms with Crippen LogP contribution >= 0.6 is 11.6 Å². The Balaban J connectivity index is 1.43. The van der Waals surface area contributed by atoms with Crippen molar-refractivity contribution in [3.8, 4) is 0 Å². The number of Topliss-reactive ketones (excluding diaryl/α,β-unsaturated/α-hetero) is 1. The quantitative estimate of drug-likeness (QED) is 0.750. The number of rotatable bonds is 6. The van der Waals surface area contributed by atoms with Gasteiger partial charge in [-0.3, -0.25) is 19.6 Å². The summed E-state index contributed by atoms with van der Waals surface area (Å²) in [5, 5.41) is 10.9. The SMILES string of the molecule is CC(=O)c1cc(CN2CC3CN(Cc4ccncc4Cl)CC3(CO)C2)n(C)c1. The molecule has 2 atom stereocenters. The lowest BCUT2D eigenvalue weighted by Gasteiger charge is -2.27. The molecule has 2 unspecified atom stereocenters. The molecule has 2 fully saturated rings. The van der Waals surface area contributed by atoms with Crippen molar-refractivity contribution in [2.45, 2.75) is 20.0 Å². The predicted molar refractivity (Wildman–Crippen MR) is 108 cm³/mol. The van der Waals surface area contributed by atoms with Crippen LogP contribution in [0.2, 0.25) is 5.02 Å². The first-order valence-corrected chi connectivity index (χ1v) is 10.1. The minimum Gasteiger partial charge on any atom is -0.396 e. The van der Waals surface area contributed by atoms with E-state index in [9.17, 15) is 9.90 Å². The third-order valence-corrected chi connectivity index (χ3v) is 6.71. The van der Waals surface area contributed by atoms with Crippen LogP contribution in [0.1, 0.15) is 28.5 Å². The van der Waals surface area contributed by atoms with E-state index in [0.29, 0.717) is 10.9 Å². The van der Waals surface area contributed by atoms with Gasteiger partial charge < -0.3 is 9.67 Å². The lowest BCUT2D eigenvalue weighted by molar-refractivity contribution is 0.101. The summed E-state index contributed by atoms with van der Waals surface area (Å²) in [7, 11) is 1.99. The maximum Gasteiger partial charge on any atom is 0.161 e. The number of pyridine rings is 1. The fraction of sp³-hybridized carbons (Fsp3) is 0.524. The fourth-order valence-electron chi connectivity index (χ4n) is 4.83. The second-order valence-corrected chi connectivity index (χ2v) is 8.82. The number of hydrogen-bond acceptors (Lipinski definition) is 5. The molecule has 0 aromatic carbocycles. The Morgan fingerprint density at radius 2 is 2.04 bits per heavy atom. The summed E-state index contributed by atoms with van der Waals surface area (Å²) in [5.41, 5.74) is 2.89. The molecule has 2 saturated heterocycles. The molecule has 6 nitrogen and oxygen atoms in total. The number of nitrogens with zero attached hydrogens (tertiary/aromatic N) is 4. The molecule has 0 saturated carbocycles. The third kappa shape index (κ3) is 3.62. The highest BCUT2D eigenvalue weighted by atomic mass is 35.5. The van der Waals surface area contributed by atoms with Gasteiger partial charge in [-0.05, 0) is 30.5 Å². The first-order chi connectivity index (χ1) is 13.4. The van der Waals surface area contributed by atoms with Crippen LogP contribution in [0.25, 0.3) is 0 Å². The van der Waals surface area contributed by atoms with Crippen LogP contribution < -0.4 is 0 Å². The molecule has 0 spiro atoms. The minimum absolute atomic E-state index is 0.0892. The van der Waals surface area contributed by atoms with Crippen molar-refractivity contribution in [2.24, 2.45) is 18.4 Å². The molecule has 4 heterocycles. The number of halogens is 1. The molecule has 1 N–H and O–H groups in total. The van der Waals surface area contributed by atoms with Crippen molar-refractivity contribution in [2.75, 3.05) is 32.8 Å². The molecule has 28 heavy (non-hydrogen) atoms. The van der Waals surface area contributed by atoms with Gasteiger partial charge in [0.15, 0.2) is 5.78 Å². The van der Waals surface area contributed by atoms with E-state index in [-0.39, 0.29) is 17.8 Å². The number of aryl methyl sites for hydroxylation is 1. The van der Waals surface area contributed by atoms with E-state index in [4.69, 9.17) is 11.6 Å². The van der Waals surface area contributed by atoms with Crippen LogP contribution in [-0.2, 0) is 20.1 Å². The Morgan fingerprint density at radius 1 is 1.32 bits per heavy atom. The van der Waals surface area contributed by atoms with Gasteiger partial charge in [0.2, 0.25) is 0 Å². The van der Waals surface area contributed by atoms with E-state index >= 15 is 0 Å². The highest BCUT2D eigenvalue weighted by Gasteiger charge is 2.51. The standard InChI is InChI=1S/C21H27ClN4O2/c1-15(28)17-5-19(24(2)7-17)11-26-10-18-9-25(12-21(18,13-26)14-27)8-16-3-4-23-6-20(16)22/h3-7,18,27H,8-14H2,1-2H3. The minimum atomic E-state index is -0.0892. The van der Waals surface area contributed by atoms with Crippen molar-refractivity contribution < 1.29 is 9.90 Å². The van der Waals surface area contributed by atoms with Gasteiger partial charge in [0.1, 0.15) is 0 Å². The van der Waals surface area contributed by atoms with E-state index in [1.54, 1.807) is 19.3 Å². The molecule has 4 rings (SSSR count). The fourth-order valence-corrected chi connectivity index (χ4v) is 5.01. The Morgan fingerprint density at radius 3 is 2.61 bits per heavy atom. The lowest BCUT2D eigenvalue weighted by Crippen LogP contribution is -2.37. The highest BCUT2D eigenvalue weighted by Crippen LogP contribution is 2.43. The molecular weight excluding hydrogens is 376 g/mol. The summed E-state index contributed by atoms with van der Waals surface area (Å²) in [6, 6.07) is 3.95. The Kier molecular flexibility index (Phi) is 5.31. The van der Waals surface area contributed by atoms with Crippen molar-refractivity contribution in [3.63, 3.8) is 0 Å². The summed E-state index contributed by atoms with van der Waals surface area (Å²) in [5.74, 6) is 0.531. The van der Waals surface area contributed by atoms with E-state index in [2.05, 4.69) is 14.8 Å². The summed E-state index contributed by atoms with van der Waals surface area (Å²) in [6.45, 7) is 7.05. The number of carbonyl (C=O) groups is 1. The van der Waals surface area contributed by atoms with Crippen LogP contribution in [0.4, 0.5) is 0 Å². The van der Waals surface area contributed by atoms with Gasteiger partial charge in [0.05, 0.1) is 11.6 Å². The highest BCUT2D eigenvalue weighted by molar-refractivity contribution is 6.31. The van der Waals surface area contributed by atoms with Crippen molar-refractivity contribution in [1.82, 2.24) is 19.4 Å². The van der Waals surface area contributed by atoms with Gasteiger partial charge in [0.25, 0.3) is 0 Å². The van der Waals surface area contributed by atoms with Crippen LogP contribution in [0, 0.1) is 11.3 Å². The molecule has 2 aromatic heterocycles. The van der Waals surface area contributed by atoms with Crippen LogP contribution in [0.15, 0.2) is 30.7 Å². The zero-order valence-corrected chi connectivity index (χ0v) is 17.2. The lowest BCUT2D eigenvalue weighted by atomic mass is 9.82.